The van der Waals surface area contributed by atoms with Crippen molar-refractivity contribution in [3.05, 3.63) is 51.7 Å². The lowest BCUT2D eigenvalue weighted by Crippen LogP contribution is -1.99. The predicted octanol–water partition coefficient (Wildman–Crippen LogP) is 4.50. The normalized spacial score (nSPS) is 10.5. The van der Waals surface area contributed by atoms with Crippen molar-refractivity contribution >= 4 is 27.3 Å². The van der Waals surface area contributed by atoms with Crippen molar-refractivity contribution in [3.63, 3.8) is 0 Å². The molecule has 0 unspecified atom stereocenters. The molecule has 0 amide bonds. The molecule has 0 bridgehead atoms. The van der Waals surface area contributed by atoms with Crippen LogP contribution >= 0.6 is 27.3 Å². The van der Waals surface area contributed by atoms with Gasteiger partial charge in [0.1, 0.15) is 6.61 Å². The Morgan fingerprint density at radius 2 is 1.94 bits per heavy atom. The first kappa shape index (κ1) is 12.5. The van der Waals surface area contributed by atoms with Crippen LogP contribution in [-0.4, -0.2) is 0 Å². The second-order valence-electron chi connectivity index (χ2n) is 3.39. The van der Waals surface area contributed by atoms with Gasteiger partial charge in [-0.3, -0.25) is 0 Å². The van der Waals surface area contributed by atoms with Crippen LogP contribution in [0.1, 0.15) is 10.4 Å². The van der Waals surface area contributed by atoms with E-state index < -0.39 is 11.6 Å². The van der Waals surface area contributed by atoms with Gasteiger partial charge in [0.25, 0.3) is 0 Å². The van der Waals surface area contributed by atoms with Crippen LogP contribution in [0.4, 0.5) is 8.78 Å². The zero-order valence-corrected chi connectivity index (χ0v) is 11.2. The topological polar surface area (TPSA) is 9.23 Å². The van der Waals surface area contributed by atoms with E-state index in [1.807, 2.05) is 17.5 Å². The fourth-order valence-corrected chi connectivity index (χ4v) is 2.31. The van der Waals surface area contributed by atoms with E-state index in [0.717, 1.165) is 4.88 Å². The summed E-state index contributed by atoms with van der Waals surface area (Å²) in [7, 11) is 0. The maximum Gasteiger partial charge on any atom is 0.191 e. The van der Waals surface area contributed by atoms with Crippen molar-refractivity contribution < 1.29 is 13.5 Å². The molecule has 0 spiro atoms. The Morgan fingerprint density at radius 3 is 2.47 bits per heavy atom. The highest BCUT2D eigenvalue weighted by Crippen LogP contribution is 2.25. The third-order valence-corrected chi connectivity index (χ3v) is 3.65. The van der Waals surface area contributed by atoms with Gasteiger partial charge in [0.05, 0.1) is 0 Å². The standard InChI is InChI=1S/C12H9BrF2OS/c13-6-8-4-10(14)12(11(15)5-8)16-7-9-2-1-3-17-9/h1-5H,6-7H2. The molecular weight excluding hydrogens is 310 g/mol. The van der Waals surface area contributed by atoms with Gasteiger partial charge in [-0.25, -0.2) is 8.78 Å². The third-order valence-electron chi connectivity index (χ3n) is 2.15. The van der Waals surface area contributed by atoms with Crippen LogP contribution in [0.15, 0.2) is 29.6 Å². The van der Waals surface area contributed by atoms with Crippen LogP contribution < -0.4 is 4.74 Å². The zero-order valence-electron chi connectivity index (χ0n) is 8.75. The summed E-state index contributed by atoms with van der Waals surface area (Å²) >= 11 is 4.63. The average molecular weight is 319 g/mol. The Bertz CT molecular complexity index is 476. The van der Waals surface area contributed by atoms with Gasteiger partial charge in [-0.2, -0.15) is 0 Å². The highest BCUT2D eigenvalue weighted by atomic mass is 79.9. The molecule has 2 rings (SSSR count). The minimum absolute atomic E-state index is 0.180. The van der Waals surface area contributed by atoms with Crippen LogP contribution in [0.3, 0.4) is 0 Å². The van der Waals surface area contributed by atoms with Gasteiger partial charge in [-0.1, -0.05) is 22.0 Å². The van der Waals surface area contributed by atoms with Gasteiger partial charge >= 0.3 is 0 Å². The van der Waals surface area contributed by atoms with Gasteiger partial charge in [0.15, 0.2) is 17.4 Å². The van der Waals surface area contributed by atoms with E-state index in [9.17, 15) is 8.78 Å². The second kappa shape index (κ2) is 5.60. The summed E-state index contributed by atoms with van der Waals surface area (Å²) in [5.74, 6) is -1.66. The quantitative estimate of drug-likeness (QED) is 0.754. The number of thiophene rings is 1. The highest BCUT2D eigenvalue weighted by Gasteiger charge is 2.12. The molecular formula is C12H9BrF2OS. The van der Waals surface area contributed by atoms with Gasteiger partial charge in [-0.15, -0.1) is 11.3 Å². The summed E-state index contributed by atoms with van der Waals surface area (Å²) in [6.07, 6.45) is 0. The molecule has 0 N–H and O–H groups in total. The van der Waals surface area contributed by atoms with Gasteiger partial charge in [0.2, 0.25) is 0 Å². The molecule has 1 aromatic carbocycles. The van der Waals surface area contributed by atoms with E-state index in [1.54, 1.807) is 0 Å². The number of rotatable bonds is 4. The number of alkyl halides is 1. The summed E-state index contributed by atoms with van der Waals surface area (Å²) in [6.45, 7) is 0.180. The molecule has 0 radical (unpaired) electrons. The molecule has 0 aliphatic heterocycles. The lowest BCUT2D eigenvalue weighted by atomic mass is 10.2. The minimum Gasteiger partial charge on any atom is -0.482 e. The first-order valence-electron chi connectivity index (χ1n) is 4.90. The van der Waals surface area contributed by atoms with Crippen molar-refractivity contribution in [2.24, 2.45) is 0 Å². The van der Waals surface area contributed by atoms with Gasteiger partial charge in [-0.05, 0) is 29.1 Å². The molecule has 0 saturated heterocycles. The number of ether oxygens (including phenoxy) is 1. The average Bonchev–Trinajstić information content (AvgIpc) is 2.80. The molecule has 0 saturated carbocycles. The molecule has 90 valence electrons. The smallest absolute Gasteiger partial charge is 0.191 e. The molecule has 1 heterocycles. The Labute approximate surface area is 110 Å². The van der Waals surface area contributed by atoms with E-state index in [2.05, 4.69) is 15.9 Å². The number of benzene rings is 1. The molecule has 0 fully saturated rings. The Balaban J connectivity index is 2.15. The fraction of sp³-hybridized carbons (Fsp3) is 0.167. The maximum absolute atomic E-state index is 13.5. The number of halogens is 3. The van der Waals surface area contributed by atoms with Crippen molar-refractivity contribution in [1.29, 1.82) is 0 Å². The van der Waals surface area contributed by atoms with Crippen molar-refractivity contribution in [1.82, 2.24) is 0 Å². The SMILES string of the molecule is Fc1cc(CBr)cc(F)c1OCc1cccs1. The van der Waals surface area contributed by atoms with Gasteiger partial charge < -0.3 is 4.74 Å². The van der Waals surface area contributed by atoms with E-state index >= 15 is 0 Å². The van der Waals surface area contributed by atoms with E-state index in [1.165, 1.54) is 23.5 Å². The molecule has 1 nitrogen and oxygen atoms in total. The first-order chi connectivity index (χ1) is 8.20. The molecule has 0 atom stereocenters. The molecule has 0 aliphatic rings. The van der Waals surface area contributed by atoms with E-state index in [4.69, 9.17) is 4.74 Å². The number of hydrogen-bond acceptors (Lipinski definition) is 2. The summed E-state index contributed by atoms with van der Waals surface area (Å²) in [4.78, 5) is 0.924. The van der Waals surface area contributed by atoms with Crippen LogP contribution in [-0.2, 0) is 11.9 Å². The van der Waals surface area contributed by atoms with E-state index in [0.29, 0.717) is 10.9 Å². The summed E-state index contributed by atoms with van der Waals surface area (Å²) in [5, 5.41) is 2.30. The molecule has 2 aromatic rings. The monoisotopic (exact) mass is 318 g/mol. The highest BCUT2D eigenvalue weighted by molar-refractivity contribution is 9.08. The predicted molar refractivity (Wildman–Crippen MR) is 67.6 cm³/mol. The zero-order chi connectivity index (χ0) is 12.3. The summed E-state index contributed by atoms with van der Waals surface area (Å²) in [5.41, 5.74) is 0.545. The molecule has 0 aliphatic carbocycles. The summed E-state index contributed by atoms with van der Waals surface area (Å²) in [6, 6.07) is 6.25. The largest absolute Gasteiger partial charge is 0.482 e. The Kier molecular flexibility index (Phi) is 4.12. The molecule has 5 heteroatoms. The number of hydrogen-bond donors (Lipinski definition) is 0. The lowest BCUT2D eigenvalue weighted by Gasteiger charge is -2.08. The Morgan fingerprint density at radius 1 is 1.24 bits per heavy atom. The van der Waals surface area contributed by atoms with E-state index in [-0.39, 0.29) is 12.4 Å². The third kappa shape index (κ3) is 3.04. The Hall–Kier alpha value is -0.940. The lowest BCUT2D eigenvalue weighted by molar-refractivity contribution is 0.277. The van der Waals surface area contributed by atoms with Crippen molar-refractivity contribution in [2.45, 2.75) is 11.9 Å². The maximum atomic E-state index is 13.5. The second-order valence-corrected chi connectivity index (χ2v) is 4.98. The molecule has 1 aromatic heterocycles. The first-order valence-corrected chi connectivity index (χ1v) is 6.90. The molecule has 17 heavy (non-hydrogen) atoms. The summed E-state index contributed by atoms with van der Waals surface area (Å²) < 4.78 is 32.2. The van der Waals surface area contributed by atoms with Crippen LogP contribution in [0, 0.1) is 11.6 Å². The van der Waals surface area contributed by atoms with Crippen LogP contribution in [0.2, 0.25) is 0 Å². The van der Waals surface area contributed by atoms with Gasteiger partial charge in [0, 0.05) is 10.2 Å². The van der Waals surface area contributed by atoms with Crippen molar-refractivity contribution in [3.8, 4) is 5.75 Å². The van der Waals surface area contributed by atoms with Crippen molar-refractivity contribution in [2.75, 3.05) is 0 Å². The van der Waals surface area contributed by atoms with Crippen LogP contribution in [0.25, 0.3) is 0 Å². The minimum atomic E-state index is -0.670. The van der Waals surface area contributed by atoms with Crippen LogP contribution in [0.5, 0.6) is 5.75 Å². The fourth-order valence-electron chi connectivity index (χ4n) is 1.37.